The summed E-state index contributed by atoms with van der Waals surface area (Å²) in [5, 5.41) is 4.74. The summed E-state index contributed by atoms with van der Waals surface area (Å²) < 4.78 is 40.0. The van der Waals surface area contributed by atoms with Crippen LogP contribution in [0.25, 0.3) is 0 Å². The summed E-state index contributed by atoms with van der Waals surface area (Å²) in [7, 11) is -4.00. The van der Waals surface area contributed by atoms with Crippen LogP contribution in [0.1, 0.15) is 33.6 Å². The van der Waals surface area contributed by atoms with E-state index in [0.29, 0.717) is 12.8 Å². The van der Waals surface area contributed by atoms with E-state index in [1.807, 2.05) is 0 Å². The molecule has 0 aromatic heterocycles. The average molecular weight is 417 g/mol. The van der Waals surface area contributed by atoms with Crippen molar-refractivity contribution >= 4 is 33.4 Å². The second-order valence-electron chi connectivity index (χ2n) is 6.73. The first kappa shape index (κ1) is 19.2. The molecule has 3 amide bonds. The minimum atomic E-state index is -4.00. The number of rotatable bonds is 4. The number of halogens is 1. The maximum atomic E-state index is 13.1. The summed E-state index contributed by atoms with van der Waals surface area (Å²) in [6.45, 7) is 0.143. The quantitative estimate of drug-likeness (QED) is 0.732. The molecule has 0 spiro atoms. The van der Waals surface area contributed by atoms with Gasteiger partial charge in [-0.3, -0.25) is 19.7 Å². The second kappa shape index (κ2) is 7.05. The minimum Gasteiger partial charge on any atom is -0.324 e. The highest BCUT2D eigenvalue weighted by atomic mass is 32.2. The standard InChI is InChI=1S/C19H16FN3O5S/c20-11-6-8-12(9-7-11)29(27,28)23-10-2-5-15(23)18(25)21-14-4-1-3-13-16(14)19(26)22-17(13)24/h1,3-4,6-9,15H,2,5,10H2,(H,21,25)(H,22,24,26)/t15-/m1/s1. The third-order valence-electron chi connectivity index (χ3n) is 4.95. The molecule has 8 nitrogen and oxygen atoms in total. The summed E-state index contributed by atoms with van der Waals surface area (Å²) in [6.07, 6.45) is 0.775. The van der Waals surface area contributed by atoms with E-state index >= 15 is 0 Å². The van der Waals surface area contributed by atoms with Crippen molar-refractivity contribution in [3.63, 3.8) is 0 Å². The van der Waals surface area contributed by atoms with Crippen molar-refractivity contribution in [2.75, 3.05) is 11.9 Å². The summed E-state index contributed by atoms with van der Waals surface area (Å²) in [4.78, 5) is 36.5. The maximum Gasteiger partial charge on any atom is 0.261 e. The van der Waals surface area contributed by atoms with Crippen molar-refractivity contribution in [1.29, 1.82) is 0 Å². The lowest BCUT2D eigenvalue weighted by molar-refractivity contribution is -0.119. The van der Waals surface area contributed by atoms with E-state index in [2.05, 4.69) is 10.6 Å². The molecule has 1 saturated heterocycles. The summed E-state index contributed by atoms with van der Waals surface area (Å²) >= 11 is 0. The van der Waals surface area contributed by atoms with Crippen LogP contribution in [0.5, 0.6) is 0 Å². The number of fused-ring (bicyclic) bond motifs is 1. The van der Waals surface area contributed by atoms with Crippen LogP contribution in [0.3, 0.4) is 0 Å². The van der Waals surface area contributed by atoms with Crippen molar-refractivity contribution in [3.05, 3.63) is 59.4 Å². The molecule has 0 radical (unpaired) electrons. The van der Waals surface area contributed by atoms with Gasteiger partial charge in [0.2, 0.25) is 15.9 Å². The van der Waals surface area contributed by atoms with Gasteiger partial charge in [-0.25, -0.2) is 12.8 Å². The third-order valence-corrected chi connectivity index (χ3v) is 6.87. The van der Waals surface area contributed by atoms with E-state index in [0.717, 1.165) is 28.6 Å². The fourth-order valence-electron chi connectivity index (χ4n) is 3.57. The van der Waals surface area contributed by atoms with E-state index in [-0.39, 0.29) is 28.3 Å². The Balaban J connectivity index is 1.61. The van der Waals surface area contributed by atoms with E-state index in [1.54, 1.807) is 0 Å². The zero-order chi connectivity index (χ0) is 20.8. The molecule has 29 heavy (non-hydrogen) atoms. The van der Waals surface area contributed by atoms with Gasteiger partial charge < -0.3 is 5.32 Å². The molecule has 150 valence electrons. The Bertz CT molecular complexity index is 1130. The lowest BCUT2D eigenvalue weighted by Gasteiger charge is -2.23. The van der Waals surface area contributed by atoms with Crippen LogP contribution in [0.4, 0.5) is 10.1 Å². The molecule has 2 aromatic carbocycles. The molecule has 1 atom stereocenters. The number of nitrogens with zero attached hydrogens (tertiary/aromatic N) is 1. The molecule has 2 N–H and O–H groups in total. The van der Waals surface area contributed by atoms with Gasteiger partial charge in [0.05, 0.1) is 21.7 Å². The highest BCUT2D eigenvalue weighted by Gasteiger charge is 2.40. The van der Waals surface area contributed by atoms with Crippen LogP contribution in [-0.4, -0.2) is 43.0 Å². The van der Waals surface area contributed by atoms with Crippen molar-refractivity contribution in [2.45, 2.75) is 23.8 Å². The maximum absolute atomic E-state index is 13.1. The van der Waals surface area contributed by atoms with Gasteiger partial charge in [-0.15, -0.1) is 0 Å². The van der Waals surface area contributed by atoms with Gasteiger partial charge in [0.15, 0.2) is 0 Å². The van der Waals surface area contributed by atoms with Crippen LogP contribution in [-0.2, 0) is 14.8 Å². The van der Waals surface area contributed by atoms with E-state index in [4.69, 9.17) is 0 Å². The Morgan fingerprint density at radius 3 is 2.55 bits per heavy atom. The first-order valence-corrected chi connectivity index (χ1v) is 10.3. The summed E-state index contributed by atoms with van der Waals surface area (Å²) in [5.74, 6) is -2.34. The zero-order valence-electron chi connectivity index (χ0n) is 15.0. The number of nitrogens with one attached hydrogen (secondary N) is 2. The number of imide groups is 1. The SMILES string of the molecule is O=C1NC(=O)c2c(NC(=O)[C@H]3CCCN3S(=O)(=O)c3ccc(F)cc3)cccc21. The minimum absolute atomic E-state index is 0.0526. The summed E-state index contributed by atoms with van der Waals surface area (Å²) in [5.41, 5.74) is 0.341. The molecule has 2 aliphatic rings. The van der Waals surface area contributed by atoms with Gasteiger partial charge in [0.1, 0.15) is 11.9 Å². The van der Waals surface area contributed by atoms with Crippen molar-refractivity contribution < 1.29 is 27.2 Å². The number of carbonyl (C=O) groups excluding carboxylic acids is 3. The molecule has 0 aliphatic carbocycles. The van der Waals surface area contributed by atoms with Crippen molar-refractivity contribution in [1.82, 2.24) is 9.62 Å². The Morgan fingerprint density at radius 1 is 1.10 bits per heavy atom. The number of hydrogen-bond donors (Lipinski definition) is 2. The summed E-state index contributed by atoms with van der Waals surface area (Å²) in [6, 6.07) is 7.86. The molecule has 2 aliphatic heterocycles. The molecule has 0 bridgehead atoms. The molecule has 1 fully saturated rings. The van der Waals surface area contributed by atoms with Crippen molar-refractivity contribution in [3.8, 4) is 0 Å². The highest BCUT2D eigenvalue weighted by Crippen LogP contribution is 2.29. The zero-order valence-corrected chi connectivity index (χ0v) is 15.8. The number of benzene rings is 2. The molecule has 2 heterocycles. The first-order chi connectivity index (χ1) is 13.8. The lowest BCUT2D eigenvalue weighted by Crippen LogP contribution is -2.43. The van der Waals surface area contributed by atoms with Crippen LogP contribution in [0, 0.1) is 5.82 Å². The van der Waals surface area contributed by atoms with Gasteiger partial charge in [-0.1, -0.05) is 6.07 Å². The van der Waals surface area contributed by atoms with Crippen LogP contribution >= 0.6 is 0 Å². The van der Waals surface area contributed by atoms with Gasteiger partial charge in [0, 0.05) is 6.54 Å². The monoisotopic (exact) mass is 417 g/mol. The Hall–Kier alpha value is -3.11. The van der Waals surface area contributed by atoms with Gasteiger partial charge in [0.25, 0.3) is 11.8 Å². The largest absolute Gasteiger partial charge is 0.324 e. The molecule has 0 saturated carbocycles. The topological polar surface area (TPSA) is 113 Å². The Kier molecular flexibility index (Phi) is 4.67. The molecular formula is C19H16FN3O5S. The molecule has 4 rings (SSSR count). The average Bonchev–Trinajstić information content (AvgIpc) is 3.28. The van der Waals surface area contributed by atoms with Gasteiger partial charge >= 0.3 is 0 Å². The number of sulfonamides is 1. The van der Waals surface area contributed by atoms with Crippen LogP contribution in [0.15, 0.2) is 47.4 Å². The van der Waals surface area contributed by atoms with Gasteiger partial charge in [-0.05, 0) is 49.2 Å². The first-order valence-electron chi connectivity index (χ1n) is 8.86. The second-order valence-corrected chi connectivity index (χ2v) is 8.62. The van der Waals surface area contributed by atoms with Crippen LogP contribution in [0.2, 0.25) is 0 Å². The smallest absolute Gasteiger partial charge is 0.261 e. The molecule has 0 unspecified atom stereocenters. The number of amides is 3. The van der Waals surface area contributed by atoms with E-state index in [1.165, 1.54) is 18.2 Å². The third kappa shape index (κ3) is 3.30. The number of anilines is 1. The van der Waals surface area contributed by atoms with Crippen molar-refractivity contribution in [2.24, 2.45) is 0 Å². The fourth-order valence-corrected chi connectivity index (χ4v) is 5.23. The Labute approximate surface area is 165 Å². The lowest BCUT2D eigenvalue weighted by atomic mass is 10.1. The van der Waals surface area contributed by atoms with Crippen LogP contribution < -0.4 is 10.6 Å². The number of carbonyl (C=O) groups is 3. The fraction of sp³-hybridized carbons (Fsp3) is 0.211. The van der Waals surface area contributed by atoms with E-state index in [9.17, 15) is 27.2 Å². The van der Waals surface area contributed by atoms with Gasteiger partial charge in [-0.2, -0.15) is 4.31 Å². The van der Waals surface area contributed by atoms with E-state index < -0.39 is 39.6 Å². The molecular weight excluding hydrogens is 401 g/mol. The predicted molar refractivity (Wildman–Crippen MR) is 100 cm³/mol. The Morgan fingerprint density at radius 2 is 1.83 bits per heavy atom. The normalized spacial score (nSPS) is 19.1. The highest BCUT2D eigenvalue weighted by molar-refractivity contribution is 7.89. The number of hydrogen-bond acceptors (Lipinski definition) is 5. The molecule has 2 aromatic rings. The predicted octanol–water partition coefficient (Wildman–Crippen LogP) is 1.50. The molecule has 10 heteroatoms.